The van der Waals surface area contributed by atoms with E-state index in [1.54, 1.807) is 21.0 Å². The van der Waals surface area contributed by atoms with E-state index >= 15 is 0 Å². The quantitative estimate of drug-likeness (QED) is 0.265. The summed E-state index contributed by atoms with van der Waals surface area (Å²) < 4.78 is 4.93. The maximum Gasteiger partial charge on any atom is 0.131 e. The first-order valence-corrected chi connectivity index (χ1v) is 4.67. The third-order valence-corrected chi connectivity index (χ3v) is 1.70. The fourth-order valence-corrected chi connectivity index (χ4v) is 1.17. The monoisotopic (exact) mass is 204 g/mol. The van der Waals surface area contributed by atoms with E-state index in [9.17, 15) is 10.2 Å². The Balaban J connectivity index is 4.19. The molecule has 0 aromatic rings. The van der Waals surface area contributed by atoms with E-state index in [1.165, 1.54) is 7.11 Å². The summed E-state index contributed by atoms with van der Waals surface area (Å²) in [5, 5.41) is 24.5. The SMILES string of the molecule is CC/C([O-])=N/[N+](C)(C)CC(O)COC. The number of ether oxygens (including phenoxy) is 1. The van der Waals surface area contributed by atoms with Gasteiger partial charge in [0.2, 0.25) is 0 Å². The third kappa shape index (κ3) is 5.90. The highest BCUT2D eigenvalue weighted by atomic mass is 16.5. The molecule has 1 N–H and O–H groups in total. The fourth-order valence-electron chi connectivity index (χ4n) is 1.17. The van der Waals surface area contributed by atoms with Crippen molar-refractivity contribution in [3.8, 4) is 0 Å². The third-order valence-electron chi connectivity index (χ3n) is 1.70. The fraction of sp³-hybridized carbons (Fsp3) is 0.889. The lowest BCUT2D eigenvalue weighted by molar-refractivity contribution is -0.901. The van der Waals surface area contributed by atoms with Crippen LogP contribution in [0.3, 0.4) is 0 Å². The van der Waals surface area contributed by atoms with Crippen molar-refractivity contribution in [2.24, 2.45) is 5.10 Å². The van der Waals surface area contributed by atoms with Gasteiger partial charge in [-0.25, -0.2) is 4.59 Å². The Morgan fingerprint density at radius 2 is 2.14 bits per heavy atom. The first kappa shape index (κ1) is 13.4. The molecule has 0 aliphatic carbocycles. The van der Waals surface area contributed by atoms with Crippen LogP contribution in [0.15, 0.2) is 5.10 Å². The maximum absolute atomic E-state index is 11.1. The molecule has 0 heterocycles. The molecule has 84 valence electrons. The molecule has 5 heteroatoms. The molecular formula is C9H20N2O3. The van der Waals surface area contributed by atoms with E-state index in [4.69, 9.17) is 4.74 Å². The second-order valence-electron chi connectivity index (χ2n) is 3.76. The minimum Gasteiger partial charge on any atom is -0.858 e. The number of quaternary nitrogens is 1. The zero-order chi connectivity index (χ0) is 11.2. The topological polar surface area (TPSA) is 64.9 Å². The van der Waals surface area contributed by atoms with Gasteiger partial charge in [0, 0.05) is 13.0 Å². The van der Waals surface area contributed by atoms with Crippen LogP contribution in [-0.2, 0) is 4.74 Å². The summed E-state index contributed by atoms with van der Waals surface area (Å²) >= 11 is 0. The van der Waals surface area contributed by atoms with Crippen LogP contribution in [-0.4, -0.2) is 56.1 Å². The van der Waals surface area contributed by atoms with Gasteiger partial charge in [0.25, 0.3) is 0 Å². The van der Waals surface area contributed by atoms with E-state index in [0.717, 1.165) is 0 Å². The smallest absolute Gasteiger partial charge is 0.131 e. The zero-order valence-electron chi connectivity index (χ0n) is 9.36. The molecule has 14 heavy (non-hydrogen) atoms. The lowest BCUT2D eigenvalue weighted by Crippen LogP contribution is -2.44. The van der Waals surface area contributed by atoms with Gasteiger partial charge in [-0.3, -0.25) is 0 Å². The standard InChI is InChI=1S/C9H20N2O3/c1-5-9(13)10-11(2,3)6-8(12)7-14-4/h8,12H,5-7H2,1-4H3. The van der Waals surface area contributed by atoms with E-state index in [1.807, 2.05) is 0 Å². The Labute approximate surface area is 85.2 Å². The van der Waals surface area contributed by atoms with Gasteiger partial charge in [-0.05, 0) is 6.42 Å². The van der Waals surface area contributed by atoms with Crippen LogP contribution in [0.5, 0.6) is 0 Å². The van der Waals surface area contributed by atoms with Gasteiger partial charge in [-0.15, -0.1) is 5.10 Å². The summed E-state index contributed by atoms with van der Waals surface area (Å²) in [6, 6.07) is 0. The molecule has 0 spiro atoms. The Bertz CT molecular complexity index is 192. The van der Waals surface area contributed by atoms with E-state index in [0.29, 0.717) is 13.0 Å². The Morgan fingerprint density at radius 1 is 1.57 bits per heavy atom. The van der Waals surface area contributed by atoms with E-state index in [-0.39, 0.29) is 17.1 Å². The average Bonchev–Trinajstić information content (AvgIpc) is 2.02. The highest BCUT2D eigenvalue weighted by Crippen LogP contribution is 2.02. The van der Waals surface area contributed by atoms with Gasteiger partial charge in [0.1, 0.15) is 12.6 Å². The zero-order valence-corrected chi connectivity index (χ0v) is 9.36. The second kappa shape index (κ2) is 5.95. The van der Waals surface area contributed by atoms with E-state index < -0.39 is 6.10 Å². The van der Waals surface area contributed by atoms with Gasteiger partial charge in [0.15, 0.2) is 0 Å². The highest BCUT2D eigenvalue weighted by Gasteiger charge is 2.19. The Kier molecular flexibility index (Phi) is 5.68. The lowest BCUT2D eigenvalue weighted by atomic mass is 10.3. The van der Waals surface area contributed by atoms with Gasteiger partial charge in [0.05, 0.1) is 20.7 Å². The van der Waals surface area contributed by atoms with Crippen molar-refractivity contribution in [3.63, 3.8) is 0 Å². The molecule has 1 unspecified atom stereocenters. The number of likely N-dealkylation sites (N-methyl/N-ethyl adjacent to an activating group) is 1. The molecule has 0 aliphatic heterocycles. The summed E-state index contributed by atoms with van der Waals surface area (Å²) in [6.07, 6.45) is -0.203. The first-order chi connectivity index (χ1) is 6.41. The summed E-state index contributed by atoms with van der Waals surface area (Å²) in [5.74, 6) is -0.153. The largest absolute Gasteiger partial charge is 0.858 e. The summed E-state index contributed by atoms with van der Waals surface area (Å²) in [5.41, 5.74) is 0. The number of nitrogens with zero attached hydrogens (tertiary/aromatic N) is 2. The molecule has 5 nitrogen and oxygen atoms in total. The highest BCUT2D eigenvalue weighted by molar-refractivity contribution is 5.70. The van der Waals surface area contributed by atoms with Crippen LogP contribution >= 0.6 is 0 Å². The summed E-state index contributed by atoms with van der Waals surface area (Å²) in [6.45, 7) is 2.40. The van der Waals surface area contributed by atoms with Crippen LogP contribution in [0.25, 0.3) is 0 Å². The molecule has 0 fully saturated rings. The Hall–Kier alpha value is -0.650. The van der Waals surface area contributed by atoms with Crippen LogP contribution in [0, 0.1) is 0 Å². The molecule has 0 radical (unpaired) electrons. The van der Waals surface area contributed by atoms with Crippen molar-refractivity contribution in [1.29, 1.82) is 0 Å². The number of hydrogen-bond donors (Lipinski definition) is 1. The molecule has 1 atom stereocenters. The molecular weight excluding hydrogens is 184 g/mol. The predicted octanol–water partition coefficient (Wildman–Crippen LogP) is -0.846. The summed E-state index contributed by atoms with van der Waals surface area (Å²) in [4.78, 5) is 0. The first-order valence-electron chi connectivity index (χ1n) is 4.67. The molecule has 0 saturated heterocycles. The number of aliphatic hydroxyl groups is 1. The van der Waals surface area contributed by atoms with Crippen molar-refractivity contribution < 1.29 is 19.5 Å². The minimum atomic E-state index is -0.594. The molecule has 0 aliphatic rings. The molecule has 0 amide bonds. The van der Waals surface area contributed by atoms with Crippen LogP contribution in [0.2, 0.25) is 0 Å². The van der Waals surface area contributed by atoms with E-state index in [2.05, 4.69) is 5.10 Å². The van der Waals surface area contributed by atoms with Gasteiger partial charge >= 0.3 is 0 Å². The average molecular weight is 204 g/mol. The van der Waals surface area contributed by atoms with Gasteiger partial charge in [-0.1, -0.05) is 6.92 Å². The maximum atomic E-state index is 11.1. The van der Waals surface area contributed by atoms with Crippen molar-refractivity contribution >= 4 is 5.90 Å². The number of rotatable bonds is 6. The number of methoxy groups -OCH3 is 1. The van der Waals surface area contributed by atoms with Crippen molar-refractivity contribution in [2.45, 2.75) is 19.4 Å². The summed E-state index contributed by atoms with van der Waals surface area (Å²) in [7, 11) is 5.07. The van der Waals surface area contributed by atoms with Crippen molar-refractivity contribution in [2.75, 3.05) is 34.4 Å². The number of aliphatic hydroxyl groups excluding tert-OH is 1. The minimum absolute atomic E-state index is 0.136. The van der Waals surface area contributed by atoms with Crippen molar-refractivity contribution in [3.05, 3.63) is 0 Å². The van der Waals surface area contributed by atoms with Gasteiger partial charge in [-0.2, -0.15) is 0 Å². The molecule has 0 saturated carbocycles. The van der Waals surface area contributed by atoms with Crippen LogP contribution < -0.4 is 5.11 Å². The molecule has 0 aromatic carbocycles. The predicted molar refractivity (Wildman–Crippen MR) is 52.6 cm³/mol. The number of hydrogen-bond acceptors (Lipinski definition) is 4. The van der Waals surface area contributed by atoms with Crippen molar-refractivity contribution in [1.82, 2.24) is 0 Å². The molecule has 0 rings (SSSR count). The van der Waals surface area contributed by atoms with Crippen LogP contribution in [0.1, 0.15) is 13.3 Å². The second-order valence-corrected chi connectivity index (χ2v) is 3.76. The molecule has 0 bridgehead atoms. The van der Waals surface area contributed by atoms with Gasteiger partial charge < -0.3 is 14.9 Å². The molecule has 0 aromatic heterocycles. The van der Waals surface area contributed by atoms with Crippen LogP contribution in [0.4, 0.5) is 0 Å². The Morgan fingerprint density at radius 3 is 2.57 bits per heavy atom. The normalized spacial score (nSPS) is 15.6. The lowest BCUT2D eigenvalue weighted by Gasteiger charge is -2.27.